The smallest absolute Gasteiger partial charge is 0.223 e. The normalized spacial score (nSPS) is 14.1. The lowest BCUT2D eigenvalue weighted by Crippen LogP contribution is -2.26. The molecule has 0 saturated heterocycles. The third-order valence-electron chi connectivity index (χ3n) is 2.29. The van der Waals surface area contributed by atoms with Crippen molar-refractivity contribution in [1.29, 1.82) is 0 Å². The molecule has 1 aliphatic rings. The van der Waals surface area contributed by atoms with E-state index >= 15 is 0 Å². The van der Waals surface area contributed by atoms with E-state index < -0.39 is 0 Å². The fourth-order valence-electron chi connectivity index (χ4n) is 1.65. The first-order valence-corrected chi connectivity index (χ1v) is 4.96. The van der Waals surface area contributed by atoms with E-state index in [0.717, 1.165) is 24.3 Å². The molecule has 0 radical (unpaired) electrons. The second-order valence-corrected chi connectivity index (χ2v) is 3.52. The second kappa shape index (κ2) is 4.09. The van der Waals surface area contributed by atoms with Gasteiger partial charge in [-0.15, -0.1) is 0 Å². The maximum Gasteiger partial charge on any atom is 0.223 e. The Labute approximate surface area is 93.2 Å². The van der Waals surface area contributed by atoms with E-state index in [4.69, 9.17) is 17.2 Å². The number of nitrogens with one attached hydrogen (secondary N) is 1. The fourth-order valence-corrected chi connectivity index (χ4v) is 1.65. The topological polar surface area (TPSA) is 115 Å². The highest BCUT2D eigenvalue weighted by atomic mass is 15.1. The molecule has 0 unspecified atom stereocenters. The van der Waals surface area contributed by atoms with E-state index in [1.165, 1.54) is 5.56 Å². The number of nitrogens with two attached hydrogens (primary N) is 3. The fraction of sp³-hybridized carbons (Fsp3) is 0.200. The number of nitrogens with zero attached hydrogens (tertiary/aromatic N) is 2. The largest absolute Gasteiger partial charge is 0.384 e. The Bertz CT molecular complexity index is 458. The van der Waals surface area contributed by atoms with Gasteiger partial charge in [0.05, 0.1) is 5.69 Å². The van der Waals surface area contributed by atoms with Crippen LogP contribution < -0.4 is 22.5 Å². The van der Waals surface area contributed by atoms with Crippen LogP contribution in [0.4, 0.5) is 11.4 Å². The minimum Gasteiger partial charge on any atom is -0.384 e. The minimum absolute atomic E-state index is 0.0610. The summed E-state index contributed by atoms with van der Waals surface area (Å²) in [5.41, 5.74) is 19.1. The summed E-state index contributed by atoms with van der Waals surface area (Å²) >= 11 is 0. The van der Waals surface area contributed by atoms with Crippen molar-refractivity contribution in [1.82, 2.24) is 0 Å². The van der Waals surface area contributed by atoms with Crippen LogP contribution in [0.1, 0.15) is 5.56 Å². The quantitative estimate of drug-likeness (QED) is 0.388. The van der Waals surface area contributed by atoms with Gasteiger partial charge >= 0.3 is 0 Å². The molecule has 0 aliphatic carbocycles. The zero-order valence-electron chi connectivity index (χ0n) is 8.77. The van der Waals surface area contributed by atoms with Crippen LogP contribution in [0.15, 0.2) is 28.2 Å². The molecule has 0 aromatic heterocycles. The molecule has 0 atom stereocenters. The minimum atomic E-state index is -0.0934. The highest BCUT2D eigenvalue weighted by Gasteiger charge is 2.09. The van der Waals surface area contributed by atoms with E-state index in [2.05, 4.69) is 15.3 Å². The van der Waals surface area contributed by atoms with Crippen LogP contribution in [0.25, 0.3) is 0 Å². The van der Waals surface area contributed by atoms with Crippen molar-refractivity contribution in [2.24, 2.45) is 27.2 Å². The Hall–Kier alpha value is -2.24. The Kier molecular flexibility index (Phi) is 2.63. The predicted molar refractivity (Wildman–Crippen MR) is 65.7 cm³/mol. The zero-order valence-corrected chi connectivity index (χ0v) is 8.77. The van der Waals surface area contributed by atoms with Crippen LogP contribution in [0.5, 0.6) is 0 Å². The average Bonchev–Trinajstić information content (AvgIpc) is 2.63. The van der Waals surface area contributed by atoms with Gasteiger partial charge in [0.25, 0.3) is 0 Å². The molecule has 7 N–H and O–H groups in total. The SMILES string of the molecule is NC(N)=NC(N)=Nc1ccc2c(c1)CCN2. The van der Waals surface area contributed by atoms with Crippen molar-refractivity contribution in [2.75, 3.05) is 11.9 Å². The van der Waals surface area contributed by atoms with Gasteiger partial charge in [-0.1, -0.05) is 0 Å². The average molecular weight is 218 g/mol. The van der Waals surface area contributed by atoms with Gasteiger partial charge in [-0.25, -0.2) is 4.99 Å². The maximum absolute atomic E-state index is 5.54. The summed E-state index contributed by atoms with van der Waals surface area (Å²) < 4.78 is 0. The molecule has 1 aromatic rings. The van der Waals surface area contributed by atoms with E-state index in [0.29, 0.717) is 0 Å². The van der Waals surface area contributed by atoms with Gasteiger partial charge < -0.3 is 22.5 Å². The lowest BCUT2D eigenvalue weighted by molar-refractivity contribution is 1.11. The van der Waals surface area contributed by atoms with Gasteiger partial charge in [-0.05, 0) is 30.2 Å². The standard InChI is InChI=1S/C10H14N6/c11-9(12)16-10(13)15-7-1-2-8-6(5-7)3-4-14-8/h1-2,5,14H,3-4H2,(H6,11,12,13,15,16). The summed E-state index contributed by atoms with van der Waals surface area (Å²) in [7, 11) is 0. The molecule has 0 spiro atoms. The van der Waals surface area contributed by atoms with E-state index in [-0.39, 0.29) is 11.9 Å². The van der Waals surface area contributed by atoms with Gasteiger partial charge in [0, 0.05) is 12.2 Å². The molecule has 1 heterocycles. The van der Waals surface area contributed by atoms with Crippen molar-refractivity contribution in [2.45, 2.75) is 6.42 Å². The van der Waals surface area contributed by atoms with Crippen LogP contribution >= 0.6 is 0 Å². The van der Waals surface area contributed by atoms with Gasteiger partial charge in [-0.3, -0.25) is 0 Å². The van der Waals surface area contributed by atoms with Gasteiger partial charge in [0.1, 0.15) is 0 Å². The van der Waals surface area contributed by atoms with Crippen molar-refractivity contribution < 1.29 is 0 Å². The molecule has 2 rings (SSSR count). The molecule has 0 bridgehead atoms. The number of hydrogen-bond donors (Lipinski definition) is 4. The Morgan fingerprint density at radius 2 is 2.06 bits per heavy atom. The molecular formula is C10H14N6. The van der Waals surface area contributed by atoms with Crippen LogP contribution in [0, 0.1) is 0 Å². The molecule has 6 heteroatoms. The van der Waals surface area contributed by atoms with E-state index in [9.17, 15) is 0 Å². The molecule has 0 fully saturated rings. The Morgan fingerprint density at radius 3 is 2.81 bits per heavy atom. The molecule has 6 nitrogen and oxygen atoms in total. The van der Waals surface area contributed by atoms with Crippen LogP contribution in [-0.4, -0.2) is 18.5 Å². The first-order valence-electron chi connectivity index (χ1n) is 4.96. The number of aliphatic imine (C=N–C) groups is 2. The van der Waals surface area contributed by atoms with Crippen molar-refractivity contribution in [3.63, 3.8) is 0 Å². The Morgan fingerprint density at radius 1 is 1.25 bits per heavy atom. The Balaban J connectivity index is 2.26. The number of benzene rings is 1. The summed E-state index contributed by atoms with van der Waals surface area (Å²) in [6.45, 7) is 0.964. The lowest BCUT2D eigenvalue weighted by atomic mass is 10.1. The summed E-state index contributed by atoms with van der Waals surface area (Å²) in [6.07, 6.45) is 1.00. The third kappa shape index (κ3) is 2.22. The molecular weight excluding hydrogens is 204 g/mol. The second-order valence-electron chi connectivity index (χ2n) is 3.52. The molecule has 1 aromatic carbocycles. The molecule has 16 heavy (non-hydrogen) atoms. The predicted octanol–water partition coefficient (Wildman–Crippen LogP) is -0.126. The summed E-state index contributed by atoms with van der Waals surface area (Å²) in [5.74, 6) is -0.0324. The summed E-state index contributed by atoms with van der Waals surface area (Å²) in [5, 5.41) is 3.27. The summed E-state index contributed by atoms with van der Waals surface area (Å²) in [6, 6.07) is 5.82. The molecule has 1 aliphatic heterocycles. The van der Waals surface area contributed by atoms with E-state index in [1.54, 1.807) is 0 Å². The zero-order chi connectivity index (χ0) is 11.5. The van der Waals surface area contributed by atoms with Crippen LogP contribution in [-0.2, 0) is 6.42 Å². The number of hydrogen-bond acceptors (Lipinski definition) is 2. The first-order chi connectivity index (χ1) is 7.65. The maximum atomic E-state index is 5.54. The molecule has 0 amide bonds. The van der Waals surface area contributed by atoms with Gasteiger partial charge in [-0.2, -0.15) is 4.99 Å². The van der Waals surface area contributed by atoms with Gasteiger partial charge in [0.15, 0.2) is 5.96 Å². The number of fused-ring (bicyclic) bond motifs is 1. The van der Waals surface area contributed by atoms with Gasteiger partial charge in [0.2, 0.25) is 5.96 Å². The number of anilines is 1. The molecule has 0 saturated carbocycles. The number of rotatable bonds is 1. The molecule has 84 valence electrons. The highest BCUT2D eigenvalue weighted by molar-refractivity contribution is 5.93. The number of guanidine groups is 2. The summed E-state index contributed by atoms with van der Waals surface area (Å²) in [4.78, 5) is 7.75. The third-order valence-corrected chi connectivity index (χ3v) is 2.29. The van der Waals surface area contributed by atoms with Crippen molar-refractivity contribution in [3.05, 3.63) is 23.8 Å². The highest BCUT2D eigenvalue weighted by Crippen LogP contribution is 2.26. The van der Waals surface area contributed by atoms with Crippen LogP contribution in [0.2, 0.25) is 0 Å². The first kappa shape index (κ1) is 10.3. The van der Waals surface area contributed by atoms with Crippen LogP contribution in [0.3, 0.4) is 0 Å². The van der Waals surface area contributed by atoms with E-state index in [1.807, 2.05) is 18.2 Å². The van der Waals surface area contributed by atoms with Crippen molar-refractivity contribution in [3.8, 4) is 0 Å². The monoisotopic (exact) mass is 218 g/mol. The van der Waals surface area contributed by atoms with Crippen molar-refractivity contribution >= 4 is 23.3 Å². The lowest BCUT2D eigenvalue weighted by Gasteiger charge is -2.00.